The molecule has 1 atom stereocenters. The quantitative estimate of drug-likeness (QED) is 0.483. The molecule has 8 nitrogen and oxygen atoms in total. The van der Waals surface area contributed by atoms with Crippen LogP contribution in [0.1, 0.15) is 24.0 Å². The Balaban J connectivity index is 2.01. The van der Waals surface area contributed by atoms with E-state index < -0.39 is 29.8 Å². The maximum atomic E-state index is 12.6. The molecule has 0 aliphatic rings. The first-order valence-electron chi connectivity index (χ1n) is 9.00. The molecule has 0 bridgehead atoms. The molecule has 29 heavy (non-hydrogen) atoms. The Labute approximate surface area is 167 Å². The molecule has 0 spiro atoms. The van der Waals surface area contributed by atoms with Gasteiger partial charge >= 0.3 is 11.9 Å². The van der Waals surface area contributed by atoms with Crippen molar-refractivity contribution in [1.82, 2.24) is 5.32 Å². The molecule has 0 fully saturated rings. The minimum atomic E-state index is -1.07. The highest BCUT2D eigenvalue weighted by Crippen LogP contribution is 2.12. The molecule has 0 aliphatic heterocycles. The number of hydrogen-bond acceptors (Lipinski definition) is 4. The molecule has 8 heteroatoms. The van der Waals surface area contributed by atoms with Crippen molar-refractivity contribution in [2.45, 2.75) is 31.7 Å². The molecule has 2 amide bonds. The van der Waals surface area contributed by atoms with Gasteiger partial charge in [-0.1, -0.05) is 42.5 Å². The minimum Gasteiger partial charge on any atom is -0.481 e. The molecule has 0 saturated heterocycles. The number of benzene rings is 2. The summed E-state index contributed by atoms with van der Waals surface area (Å²) in [4.78, 5) is 46.5. The molecule has 2 aromatic carbocycles. The number of anilines is 1. The predicted molar refractivity (Wildman–Crippen MR) is 105 cm³/mol. The van der Waals surface area contributed by atoms with Crippen LogP contribution < -0.4 is 10.6 Å². The third-order valence-corrected chi connectivity index (χ3v) is 4.08. The van der Waals surface area contributed by atoms with Crippen LogP contribution in [-0.2, 0) is 32.0 Å². The van der Waals surface area contributed by atoms with Crippen LogP contribution in [0.4, 0.5) is 5.69 Å². The van der Waals surface area contributed by atoms with E-state index in [9.17, 15) is 19.2 Å². The summed E-state index contributed by atoms with van der Waals surface area (Å²) in [5, 5.41) is 22.9. The Morgan fingerprint density at radius 3 is 2.00 bits per heavy atom. The monoisotopic (exact) mass is 398 g/mol. The summed E-state index contributed by atoms with van der Waals surface area (Å²) >= 11 is 0. The Bertz CT molecular complexity index is 864. The van der Waals surface area contributed by atoms with E-state index in [1.807, 2.05) is 6.07 Å². The fourth-order valence-corrected chi connectivity index (χ4v) is 2.67. The number of carbonyl (C=O) groups is 4. The Kier molecular flexibility index (Phi) is 7.90. The molecule has 0 radical (unpaired) electrons. The van der Waals surface area contributed by atoms with Gasteiger partial charge in [0.1, 0.15) is 6.04 Å². The lowest BCUT2D eigenvalue weighted by atomic mass is 10.1. The summed E-state index contributed by atoms with van der Waals surface area (Å²) < 4.78 is 0. The molecule has 0 saturated carbocycles. The van der Waals surface area contributed by atoms with Gasteiger partial charge in [-0.05, 0) is 29.7 Å². The van der Waals surface area contributed by atoms with Crippen LogP contribution in [0.5, 0.6) is 0 Å². The van der Waals surface area contributed by atoms with Crippen molar-refractivity contribution in [3.8, 4) is 0 Å². The predicted octanol–water partition coefficient (Wildman–Crippen LogP) is 1.84. The van der Waals surface area contributed by atoms with E-state index in [0.717, 1.165) is 5.56 Å². The average Bonchev–Trinajstić information content (AvgIpc) is 2.66. The first kappa shape index (κ1) is 21.6. The number of carboxylic acid groups (broad SMARTS) is 2. The van der Waals surface area contributed by atoms with Crippen molar-refractivity contribution >= 4 is 29.4 Å². The van der Waals surface area contributed by atoms with E-state index >= 15 is 0 Å². The summed E-state index contributed by atoms with van der Waals surface area (Å²) in [6.45, 7) is 0. The van der Waals surface area contributed by atoms with E-state index in [-0.39, 0.29) is 25.7 Å². The van der Waals surface area contributed by atoms with Gasteiger partial charge in [0.25, 0.3) is 0 Å². The fourth-order valence-electron chi connectivity index (χ4n) is 2.67. The third-order valence-electron chi connectivity index (χ3n) is 4.08. The van der Waals surface area contributed by atoms with Crippen molar-refractivity contribution in [2.75, 3.05) is 5.32 Å². The first-order chi connectivity index (χ1) is 13.8. The van der Waals surface area contributed by atoms with Gasteiger partial charge in [0.05, 0.1) is 12.8 Å². The second kappa shape index (κ2) is 10.6. The number of amides is 2. The summed E-state index contributed by atoms with van der Waals surface area (Å²) in [6, 6.07) is 14.2. The van der Waals surface area contributed by atoms with Crippen LogP contribution in [0.15, 0.2) is 54.6 Å². The maximum Gasteiger partial charge on any atom is 0.307 e. The van der Waals surface area contributed by atoms with Gasteiger partial charge in [0.2, 0.25) is 11.8 Å². The van der Waals surface area contributed by atoms with E-state index in [1.165, 1.54) is 0 Å². The highest BCUT2D eigenvalue weighted by molar-refractivity contribution is 5.97. The highest BCUT2D eigenvalue weighted by atomic mass is 16.4. The van der Waals surface area contributed by atoms with Gasteiger partial charge in [-0.25, -0.2) is 0 Å². The molecule has 4 N–H and O–H groups in total. The SMILES string of the molecule is O=C(O)CCC(NC(=O)Cc1ccccc1)C(=O)Nc1ccc(CC(=O)O)cc1. The van der Waals surface area contributed by atoms with E-state index in [0.29, 0.717) is 11.3 Å². The second-order valence-electron chi connectivity index (χ2n) is 6.47. The van der Waals surface area contributed by atoms with E-state index in [4.69, 9.17) is 10.2 Å². The van der Waals surface area contributed by atoms with E-state index in [2.05, 4.69) is 10.6 Å². The lowest BCUT2D eigenvalue weighted by molar-refractivity contribution is -0.138. The largest absolute Gasteiger partial charge is 0.481 e. The zero-order chi connectivity index (χ0) is 21.2. The normalized spacial score (nSPS) is 11.3. The van der Waals surface area contributed by atoms with Gasteiger partial charge in [-0.15, -0.1) is 0 Å². The summed E-state index contributed by atoms with van der Waals surface area (Å²) in [5.74, 6) is -2.97. The van der Waals surface area contributed by atoms with Gasteiger partial charge in [0.15, 0.2) is 0 Å². The standard InChI is InChI=1S/C21H22N2O6/c24-18(12-14-4-2-1-3-5-14)23-17(10-11-19(25)26)21(29)22-16-8-6-15(7-9-16)13-20(27)28/h1-9,17H,10-13H2,(H,22,29)(H,23,24)(H,25,26)(H,27,28). The fraction of sp³-hybridized carbons (Fsp3) is 0.238. The number of carbonyl (C=O) groups excluding carboxylic acids is 2. The van der Waals surface area contributed by atoms with Gasteiger partial charge < -0.3 is 20.8 Å². The Morgan fingerprint density at radius 1 is 0.793 bits per heavy atom. The number of carboxylic acids is 2. The summed E-state index contributed by atoms with van der Waals surface area (Å²) in [7, 11) is 0. The molecule has 1 unspecified atom stereocenters. The molecular formula is C21H22N2O6. The summed E-state index contributed by atoms with van der Waals surface area (Å²) in [5.41, 5.74) is 1.77. The maximum absolute atomic E-state index is 12.6. The number of rotatable bonds is 10. The van der Waals surface area contributed by atoms with E-state index in [1.54, 1.807) is 48.5 Å². The average molecular weight is 398 g/mol. The first-order valence-corrected chi connectivity index (χ1v) is 9.00. The number of nitrogens with one attached hydrogen (secondary N) is 2. The van der Waals surface area contributed by atoms with Crippen LogP contribution >= 0.6 is 0 Å². The van der Waals surface area contributed by atoms with Crippen molar-refractivity contribution < 1.29 is 29.4 Å². The van der Waals surface area contributed by atoms with Gasteiger partial charge in [-0.3, -0.25) is 19.2 Å². The van der Waals surface area contributed by atoms with Crippen molar-refractivity contribution in [3.05, 3.63) is 65.7 Å². The smallest absolute Gasteiger partial charge is 0.307 e. The molecule has 2 rings (SSSR count). The van der Waals surface area contributed by atoms with Gasteiger partial charge in [0, 0.05) is 12.1 Å². The molecular weight excluding hydrogens is 376 g/mol. The molecule has 0 heterocycles. The Morgan fingerprint density at radius 2 is 1.41 bits per heavy atom. The zero-order valence-corrected chi connectivity index (χ0v) is 15.6. The van der Waals surface area contributed by atoms with Crippen LogP contribution in [0, 0.1) is 0 Å². The molecule has 2 aromatic rings. The molecule has 0 aromatic heterocycles. The Hall–Kier alpha value is -3.68. The number of hydrogen-bond donors (Lipinski definition) is 4. The zero-order valence-electron chi connectivity index (χ0n) is 15.6. The molecule has 0 aliphatic carbocycles. The van der Waals surface area contributed by atoms with Crippen molar-refractivity contribution in [1.29, 1.82) is 0 Å². The second-order valence-corrected chi connectivity index (χ2v) is 6.47. The van der Waals surface area contributed by atoms with Crippen LogP contribution in [0.2, 0.25) is 0 Å². The lowest BCUT2D eigenvalue weighted by Crippen LogP contribution is -2.44. The topological polar surface area (TPSA) is 133 Å². The third kappa shape index (κ3) is 7.84. The number of aliphatic carboxylic acids is 2. The molecule has 152 valence electrons. The minimum absolute atomic E-state index is 0.0568. The summed E-state index contributed by atoms with van der Waals surface area (Å²) in [6.07, 6.45) is -0.396. The van der Waals surface area contributed by atoms with Crippen molar-refractivity contribution in [3.63, 3.8) is 0 Å². The van der Waals surface area contributed by atoms with Gasteiger partial charge in [-0.2, -0.15) is 0 Å². The van der Waals surface area contributed by atoms with Crippen molar-refractivity contribution in [2.24, 2.45) is 0 Å². The van der Waals surface area contributed by atoms with Crippen LogP contribution in [0.3, 0.4) is 0 Å². The highest BCUT2D eigenvalue weighted by Gasteiger charge is 2.22. The van der Waals surface area contributed by atoms with Crippen LogP contribution in [-0.4, -0.2) is 40.0 Å². The lowest BCUT2D eigenvalue weighted by Gasteiger charge is -2.18. The van der Waals surface area contributed by atoms with Crippen LogP contribution in [0.25, 0.3) is 0 Å².